The summed E-state index contributed by atoms with van der Waals surface area (Å²) in [5, 5.41) is 13.2. The monoisotopic (exact) mass is 380 g/mol. The Bertz CT molecular complexity index is 893. The molecule has 0 atom stereocenters. The molecule has 4 saturated heterocycles. The molecule has 0 aromatic heterocycles. The van der Waals surface area contributed by atoms with Crippen LogP contribution in [0.5, 0.6) is 5.75 Å². The molecule has 0 saturated carbocycles. The van der Waals surface area contributed by atoms with E-state index in [2.05, 4.69) is 38.1 Å². The highest BCUT2D eigenvalue weighted by Crippen LogP contribution is 2.43. The number of carbonyl (C=O) groups excluding carboxylic acids is 1. The summed E-state index contributed by atoms with van der Waals surface area (Å²) in [5.41, 5.74) is 0.788. The molecule has 3 N–H and O–H groups in total. The van der Waals surface area contributed by atoms with Crippen LogP contribution in [0, 0.1) is 10.8 Å². The number of Topliss-reactive ketones (excluding diaryl/α,β-unsaturated/α-hetero) is 1. The van der Waals surface area contributed by atoms with Gasteiger partial charge >= 0.3 is 0 Å². The lowest BCUT2D eigenvalue weighted by atomic mass is 9.57. The van der Waals surface area contributed by atoms with Crippen molar-refractivity contribution in [2.45, 2.75) is 45.7 Å². The summed E-state index contributed by atoms with van der Waals surface area (Å²) in [5.74, 6) is 0.980. The number of ketones is 1. The fourth-order valence-corrected chi connectivity index (χ4v) is 7.10. The topological polar surface area (TPSA) is 46.2 Å². The third-order valence-corrected chi connectivity index (χ3v) is 7.74. The van der Waals surface area contributed by atoms with Crippen molar-refractivity contribution in [3.05, 3.63) is 42.0 Å². The van der Waals surface area contributed by atoms with Gasteiger partial charge in [-0.3, -0.25) is 14.6 Å². The summed E-state index contributed by atoms with van der Waals surface area (Å²) in [6.45, 7) is 8.15. The van der Waals surface area contributed by atoms with Gasteiger partial charge in [-0.25, -0.2) is 0 Å². The van der Waals surface area contributed by atoms with Crippen molar-refractivity contribution in [3.63, 3.8) is 0 Å². The SMILES string of the molecule is CCCC12C[NH+]3CC(CCC)(C[NH+](C1)C3c1c(O)ccc3ccccc13)C2=O. The predicted molar refractivity (Wildman–Crippen MR) is 109 cm³/mol. The fraction of sp³-hybridized carbons (Fsp3) is 0.542. The summed E-state index contributed by atoms with van der Waals surface area (Å²) in [4.78, 5) is 16.7. The van der Waals surface area contributed by atoms with Gasteiger partial charge in [-0.05, 0) is 24.3 Å². The third kappa shape index (κ3) is 2.34. The van der Waals surface area contributed by atoms with Crippen molar-refractivity contribution >= 4 is 16.6 Å². The van der Waals surface area contributed by atoms with Crippen LogP contribution in [0.25, 0.3) is 10.8 Å². The number of piperidine rings is 2. The standard InChI is InChI=1S/C24H30N2O2/c1-3-11-23-13-25-15-24(12-4-2,22(23)28)16-26(14-23)21(25)20-18-8-6-5-7-17(18)9-10-19(20)27/h5-10,21,27H,3-4,11-16H2,1-2H3/p+2. The van der Waals surface area contributed by atoms with Crippen LogP contribution in [0.3, 0.4) is 0 Å². The Labute approximate surface area is 167 Å². The summed E-state index contributed by atoms with van der Waals surface area (Å²) in [6, 6.07) is 12.3. The molecule has 4 heteroatoms. The molecule has 6 rings (SSSR count). The van der Waals surface area contributed by atoms with E-state index >= 15 is 0 Å². The number of rotatable bonds is 5. The lowest BCUT2D eigenvalue weighted by molar-refractivity contribution is -1.18. The van der Waals surface area contributed by atoms with Crippen LogP contribution in [0.1, 0.15) is 51.3 Å². The minimum absolute atomic E-state index is 0.151. The first-order valence-electron chi connectivity index (χ1n) is 11.0. The van der Waals surface area contributed by atoms with Crippen molar-refractivity contribution in [3.8, 4) is 5.75 Å². The molecule has 0 radical (unpaired) electrons. The zero-order valence-electron chi connectivity index (χ0n) is 17.1. The average Bonchev–Trinajstić information content (AvgIpc) is 2.67. The smallest absolute Gasteiger partial charge is 0.244 e. The van der Waals surface area contributed by atoms with Gasteiger partial charge in [-0.1, -0.05) is 57.0 Å². The number of hydrogen-bond acceptors (Lipinski definition) is 2. The Morgan fingerprint density at radius 3 is 2.07 bits per heavy atom. The number of carbonyl (C=O) groups is 1. The maximum atomic E-state index is 13.6. The van der Waals surface area contributed by atoms with Crippen molar-refractivity contribution in [1.29, 1.82) is 0 Å². The van der Waals surface area contributed by atoms with Crippen LogP contribution in [0.15, 0.2) is 36.4 Å². The molecule has 0 unspecified atom stereocenters. The highest BCUT2D eigenvalue weighted by molar-refractivity contribution is 5.92. The second-order valence-electron chi connectivity index (χ2n) is 9.57. The largest absolute Gasteiger partial charge is 0.507 e. The van der Waals surface area contributed by atoms with E-state index in [4.69, 9.17) is 0 Å². The van der Waals surface area contributed by atoms with Gasteiger partial charge in [0, 0.05) is 5.39 Å². The van der Waals surface area contributed by atoms with E-state index in [1.807, 2.05) is 12.1 Å². The molecule has 28 heavy (non-hydrogen) atoms. The summed E-state index contributed by atoms with van der Waals surface area (Å²) < 4.78 is 0. The van der Waals surface area contributed by atoms with Crippen molar-refractivity contribution in [2.24, 2.45) is 10.8 Å². The molecular weight excluding hydrogens is 348 g/mol. The summed E-state index contributed by atoms with van der Waals surface area (Å²) in [7, 11) is 0. The molecule has 0 amide bonds. The van der Waals surface area contributed by atoms with Crippen molar-refractivity contribution in [1.82, 2.24) is 0 Å². The zero-order chi connectivity index (χ0) is 19.5. The molecule has 4 aliphatic heterocycles. The van der Waals surface area contributed by atoms with E-state index in [1.54, 1.807) is 0 Å². The number of aromatic hydroxyl groups is 1. The number of hydrogen-bond donors (Lipinski definition) is 3. The van der Waals surface area contributed by atoms with Gasteiger partial charge in [0.15, 0.2) is 5.78 Å². The van der Waals surface area contributed by atoms with Gasteiger partial charge in [0.05, 0.1) is 0 Å². The van der Waals surface area contributed by atoms with E-state index in [1.165, 1.54) is 20.6 Å². The van der Waals surface area contributed by atoms with E-state index in [-0.39, 0.29) is 17.0 Å². The van der Waals surface area contributed by atoms with Crippen molar-refractivity contribution < 1.29 is 19.7 Å². The Kier molecular flexibility index (Phi) is 4.08. The Balaban J connectivity index is 1.63. The minimum atomic E-state index is -0.151. The average molecular weight is 381 g/mol. The lowest BCUT2D eigenvalue weighted by Gasteiger charge is -2.60. The van der Waals surface area contributed by atoms with Crippen LogP contribution >= 0.6 is 0 Å². The quantitative estimate of drug-likeness (QED) is 0.736. The first kappa shape index (κ1) is 18.1. The van der Waals surface area contributed by atoms with Crippen LogP contribution < -0.4 is 9.80 Å². The molecule has 0 aliphatic carbocycles. The van der Waals surface area contributed by atoms with E-state index in [0.29, 0.717) is 11.5 Å². The molecule has 4 nitrogen and oxygen atoms in total. The second kappa shape index (κ2) is 6.30. The molecule has 0 spiro atoms. The normalized spacial score (nSPS) is 36.4. The lowest BCUT2D eigenvalue weighted by Crippen LogP contribution is -3.41. The Morgan fingerprint density at radius 1 is 0.929 bits per heavy atom. The van der Waals surface area contributed by atoms with Crippen LogP contribution in [-0.4, -0.2) is 37.1 Å². The maximum Gasteiger partial charge on any atom is 0.244 e. The first-order valence-corrected chi connectivity index (χ1v) is 11.0. The van der Waals surface area contributed by atoms with E-state index in [0.717, 1.165) is 57.4 Å². The highest BCUT2D eigenvalue weighted by Gasteiger charge is 2.70. The maximum absolute atomic E-state index is 13.6. The molecule has 4 fully saturated rings. The second-order valence-corrected chi connectivity index (χ2v) is 9.57. The molecule has 4 aliphatic rings. The van der Waals surface area contributed by atoms with Gasteiger partial charge in [-0.15, -0.1) is 0 Å². The number of benzene rings is 2. The fourth-order valence-electron chi connectivity index (χ4n) is 7.10. The number of phenols is 1. The highest BCUT2D eigenvalue weighted by atomic mass is 16.3. The third-order valence-electron chi connectivity index (χ3n) is 7.74. The number of quaternary nitrogens is 2. The van der Waals surface area contributed by atoms with Gasteiger partial charge in [-0.2, -0.15) is 0 Å². The van der Waals surface area contributed by atoms with E-state index in [9.17, 15) is 9.90 Å². The molecule has 4 heterocycles. The number of nitrogens with one attached hydrogen (secondary N) is 2. The molecule has 2 aromatic carbocycles. The molecule has 4 bridgehead atoms. The van der Waals surface area contributed by atoms with Crippen LogP contribution in [0.4, 0.5) is 0 Å². The molecule has 2 aromatic rings. The number of fused-ring (bicyclic) bond motifs is 1. The van der Waals surface area contributed by atoms with Gasteiger partial charge in [0.2, 0.25) is 6.17 Å². The Morgan fingerprint density at radius 2 is 1.50 bits per heavy atom. The molecule has 148 valence electrons. The summed E-state index contributed by atoms with van der Waals surface area (Å²) >= 11 is 0. The molecular formula is C24H32N2O2+2. The van der Waals surface area contributed by atoms with E-state index < -0.39 is 0 Å². The van der Waals surface area contributed by atoms with Crippen LogP contribution in [-0.2, 0) is 4.79 Å². The predicted octanol–water partition coefficient (Wildman–Crippen LogP) is 1.50. The zero-order valence-corrected chi connectivity index (χ0v) is 17.1. The number of phenolic OH excluding ortho intramolecular Hbond substituents is 1. The first-order chi connectivity index (χ1) is 13.5. The van der Waals surface area contributed by atoms with Crippen molar-refractivity contribution in [2.75, 3.05) is 26.2 Å². The van der Waals surface area contributed by atoms with Crippen LogP contribution in [0.2, 0.25) is 0 Å². The van der Waals surface area contributed by atoms with Gasteiger partial charge in [0.25, 0.3) is 0 Å². The summed E-state index contributed by atoms with van der Waals surface area (Å²) in [6.07, 6.45) is 4.39. The van der Waals surface area contributed by atoms with Gasteiger partial charge in [0.1, 0.15) is 48.3 Å². The Hall–Kier alpha value is -1.91. The minimum Gasteiger partial charge on any atom is -0.507 e. The van der Waals surface area contributed by atoms with Gasteiger partial charge < -0.3 is 5.11 Å².